The monoisotopic (exact) mass is 350 g/mol. The van der Waals surface area contributed by atoms with E-state index in [1.165, 1.54) is 19.3 Å². The lowest BCUT2D eigenvalue weighted by Crippen LogP contribution is -2.38. The van der Waals surface area contributed by atoms with Crippen molar-refractivity contribution in [1.29, 1.82) is 0 Å². The van der Waals surface area contributed by atoms with Crippen LogP contribution in [0.15, 0.2) is 18.2 Å². The molecule has 1 atom stereocenters. The first-order valence-corrected chi connectivity index (χ1v) is 8.90. The summed E-state index contributed by atoms with van der Waals surface area (Å²) < 4.78 is 5.10. The predicted octanol–water partition coefficient (Wildman–Crippen LogP) is 3.47. The molecule has 1 heterocycles. The van der Waals surface area contributed by atoms with Crippen LogP contribution in [-0.4, -0.2) is 36.4 Å². The Balaban J connectivity index is 1.61. The molecule has 2 aliphatic rings. The van der Waals surface area contributed by atoms with Crippen LogP contribution in [0.25, 0.3) is 0 Å². The van der Waals surface area contributed by atoms with E-state index >= 15 is 0 Å². The number of carbonyl (C=O) groups is 2. The fourth-order valence-electron chi connectivity index (χ4n) is 3.64. The van der Waals surface area contributed by atoms with Crippen LogP contribution in [0, 0.1) is 5.92 Å². The van der Waals surface area contributed by atoms with Crippen LogP contribution in [0.5, 0.6) is 5.75 Å². The fourth-order valence-corrected chi connectivity index (χ4v) is 3.90. The van der Waals surface area contributed by atoms with Gasteiger partial charge in [-0.2, -0.15) is 0 Å². The number of anilines is 1. The maximum atomic E-state index is 12.5. The molecule has 5 nitrogen and oxygen atoms in total. The molecule has 0 radical (unpaired) electrons. The molecule has 1 N–H and O–H groups in total. The summed E-state index contributed by atoms with van der Waals surface area (Å²) in [7, 11) is 1.55. The summed E-state index contributed by atoms with van der Waals surface area (Å²) in [6.45, 7) is 0.527. The van der Waals surface area contributed by atoms with E-state index in [-0.39, 0.29) is 17.7 Å². The Bertz CT molecular complexity index is 629. The van der Waals surface area contributed by atoms with Gasteiger partial charge in [0, 0.05) is 24.7 Å². The van der Waals surface area contributed by atoms with Gasteiger partial charge in [-0.3, -0.25) is 9.59 Å². The Labute approximate surface area is 147 Å². The third-order valence-electron chi connectivity index (χ3n) is 4.96. The van der Waals surface area contributed by atoms with E-state index in [4.69, 9.17) is 16.3 Å². The quantitative estimate of drug-likeness (QED) is 0.904. The zero-order valence-corrected chi connectivity index (χ0v) is 14.6. The molecule has 130 valence electrons. The van der Waals surface area contributed by atoms with Crippen LogP contribution < -0.4 is 10.1 Å². The van der Waals surface area contributed by atoms with E-state index in [2.05, 4.69) is 5.32 Å². The number of nitrogens with one attached hydrogen (secondary N) is 1. The number of amides is 2. The second-order valence-corrected chi connectivity index (χ2v) is 6.98. The Kier molecular flexibility index (Phi) is 5.29. The van der Waals surface area contributed by atoms with Crippen molar-refractivity contribution in [2.45, 2.75) is 44.6 Å². The normalized spacial score (nSPS) is 21.8. The number of likely N-dealkylation sites (tertiary alicyclic amines) is 1. The van der Waals surface area contributed by atoms with Crippen molar-refractivity contribution >= 4 is 29.1 Å². The summed E-state index contributed by atoms with van der Waals surface area (Å²) in [5, 5.41) is 3.31. The van der Waals surface area contributed by atoms with Crippen LogP contribution in [0.4, 0.5) is 5.69 Å². The average molecular weight is 351 g/mol. The van der Waals surface area contributed by atoms with Gasteiger partial charge in [0.15, 0.2) is 0 Å². The molecular formula is C18H23ClN2O3. The number of carbonyl (C=O) groups excluding carboxylic acids is 2. The molecule has 1 aromatic rings. The Hall–Kier alpha value is -1.75. The molecular weight excluding hydrogens is 328 g/mol. The van der Waals surface area contributed by atoms with Crippen molar-refractivity contribution in [2.24, 2.45) is 5.92 Å². The molecule has 1 aromatic carbocycles. The number of ether oxygens (including phenoxy) is 1. The molecule has 1 saturated carbocycles. The summed E-state index contributed by atoms with van der Waals surface area (Å²) >= 11 is 6.08. The molecule has 0 spiro atoms. The topological polar surface area (TPSA) is 58.6 Å². The molecule has 2 amide bonds. The molecule has 6 heteroatoms. The average Bonchev–Trinajstić information content (AvgIpc) is 2.98. The highest BCUT2D eigenvalue weighted by atomic mass is 35.5. The van der Waals surface area contributed by atoms with Gasteiger partial charge < -0.3 is 15.0 Å². The molecule has 1 aliphatic carbocycles. The summed E-state index contributed by atoms with van der Waals surface area (Å²) in [5.74, 6) is 0.257. The molecule has 1 saturated heterocycles. The molecule has 1 unspecified atom stereocenters. The van der Waals surface area contributed by atoms with Crippen LogP contribution in [-0.2, 0) is 9.59 Å². The van der Waals surface area contributed by atoms with Gasteiger partial charge in [0.1, 0.15) is 5.75 Å². The van der Waals surface area contributed by atoms with Gasteiger partial charge >= 0.3 is 0 Å². The predicted molar refractivity (Wildman–Crippen MR) is 93.3 cm³/mol. The summed E-state index contributed by atoms with van der Waals surface area (Å²) in [6, 6.07) is 5.44. The summed E-state index contributed by atoms with van der Waals surface area (Å²) in [6.07, 6.45) is 6.03. The molecule has 1 aliphatic heterocycles. The van der Waals surface area contributed by atoms with E-state index in [1.54, 1.807) is 25.3 Å². The third-order valence-corrected chi connectivity index (χ3v) is 5.26. The lowest BCUT2D eigenvalue weighted by molar-refractivity contribution is -0.130. The summed E-state index contributed by atoms with van der Waals surface area (Å²) in [5.41, 5.74) is 0.620. The fraction of sp³-hybridized carbons (Fsp3) is 0.556. The SMILES string of the molecule is COc1ccc(NC(=O)C2CC(=O)N(C3CCCCC3)C2)cc1Cl. The van der Waals surface area contributed by atoms with Crippen LogP contribution >= 0.6 is 11.6 Å². The summed E-state index contributed by atoms with van der Waals surface area (Å²) in [4.78, 5) is 26.7. The molecule has 0 aromatic heterocycles. The largest absolute Gasteiger partial charge is 0.495 e. The second-order valence-electron chi connectivity index (χ2n) is 6.58. The van der Waals surface area contributed by atoms with Gasteiger partial charge in [0.25, 0.3) is 0 Å². The Morgan fingerprint density at radius 1 is 1.29 bits per heavy atom. The first kappa shape index (κ1) is 17.1. The van der Waals surface area contributed by atoms with Gasteiger partial charge in [-0.15, -0.1) is 0 Å². The minimum Gasteiger partial charge on any atom is -0.495 e. The van der Waals surface area contributed by atoms with Crippen molar-refractivity contribution in [3.8, 4) is 5.75 Å². The first-order chi connectivity index (χ1) is 11.6. The smallest absolute Gasteiger partial charge is 0.229 e. The number of hydrogen-bond acceptors (Lipinski definition) is 3. The van der Waals surface area contributed by atoms with E-state index in [1.807, 2.05) is 4.90 Å². The second kappa shape index (κ2) is 7.43. The number of nitrogens with zero attached hydrogens (tertiary/aromatic N) is 1. The Morgan fingerprint density at radius 2 is 2.04 bits per heavy atom. The number of benzene rings is 1. The van der Waals surface area contributed by atoms with E-state index in [0.29, 0.717) is 35.5 Å². The van der Waals surface area contributed by atoms with E-state index in [9.17, 15) is 9.59 Å². The molecule has 2 fully saturated rings. The highest BCUT2D eigenvalue weighted by molar-refractivity contribution is 6.32. The maximum absolute atomic E-state index is 12.5. The number of hydrogen-bond donors (Lipinski definition) is 1. The van der Waals surface area contributed by atoms with Crippen LogP contribution in [0.1, 0.15) is 38.5 Å². The highest BCUT2D eigenvalue weighted by Gasteiger charge is 2.38. The number of rotatable bonds is 4. The highest BCUT2D eigenvalue weighted by Crippen LogP contribution is 2.30. The van der Waals surface area contributed by atoms with Crippen molar-refractivity contribution < 1.29 is 14.3 Å². The lowest BCUT2D eigenvalue weighted by atomic mass is 9.94. The molecule has 0 bridgehead atoms. The number of methoxy groups -OCH3 is 1. The van der Waals surface area contributed by atoms with Crippen molar-refractivity contribution in [3.63, 3.8) is 0 Å². The maximum Gasteiger partial charge on any atom is 0.229 e. The molecule has 3 rings (SSSR count). The lowest BCUT2D eigenvalue weighted by Gasteiger charge is -2.31. The van der Waals surface area contributed by atoms with Gasteiger partial charge in [-0.05, 0) is 31.0 Å². The van der Waals surface area contributed by atoms with Gasteiger partial charge in [-0.25, -0.2) is 0 Å². The number of halogens is 1. The van der Waals surface area contributed by atoms with E-state index < -0.39 is 0 Å². The first-order valence-electron chi connectivity index (χ1n) is 8.52. The van der Waals surface area contributed by atoms with Gasteiger partial charge in [0.2, 0.25) is 11.8 Å². The zero-order chi connectivity index (χ0) is 17.1. The minimum atomic E-state index is -0.291. The van der Waals surface area contributed by atoms with Gasteiger partial charge in [-0.1, -0.05) is 30.9 Å². The standard InChI is InChI=1S/C18H23ClN2O3/c1-24-16-8-7-13(10-15(16)19)20-18(23)12-9-17(22)21(11-12)14-5-3-2-4-6-14/h7-8,10,12,14H,2-6,9,11H2,1H3,(H,20,23). The molecule has 24 heavy (non-hydrogen) atoms. The van der Waals surface area contributed by atoms with E-state index in [0.717, 1.165) is 12.8 Å². The zero-order valence-electron chi connectivity index (χ0n) is 13.9. The van der Waals surface area contributed by atoms with Crippen molar-refractivity contribution in [1.82, 2.24) is 4.90 Å². The third kappa shape index (κ3) is 3.66. The minimum absolute atomic E-state index is 0.106. The van der Waals surface area contributed by atoms with Gasteiger partial charge in [0.05, 0.1) is 18.1 Å². The van der Waals surface area contributed by atoms with Crippen molar-refractivity contribution in [2.75, 3.05) is 19.0 Å². The van der Waals surface area contributed by atoms with Crippen LogP contribution in [0.3, 0.4) is 0 Å². The van der Waals surface area contributed by atoms with Crippen LogP contribution in [0.2, 0.25) is 5.02 Å². The van der Waals surface area contributed by atoms with Crippen molar-refractivity contribution in [3.05, 3.63) is 23.2 Å². The Morgan fingerprint density at radius 3 is 2.71 bits per heavy atom.